The van der Waals surface area contributed by atoms with E-state index in [1.165, 1.54) is 13.8 Å². The van der Waals surface area contributed by atoms with Gasteiger partial charge in [-0.3, -0.25) is 9.59 Å². The van der Waals surface area contributed by atoms with E-state index in [2.05, 4.69) is 10.6 Å². The molecule has 3 saturated heterocycles. The lowest BCUT2D eigenvalue weighted by molar-refractivity contribution is -0.353. The van der Waals surface area contributed by atoms with Gasteiger partial charge in [0.15, 0.2) is 6.29 Å². The minimum absolute atomic E-state index is 0.517. The molecule has 12 N–H and O–H groups in total. The summed E-state index contributed by atoms with van der Waals surface area (Å²) < 4.78 is 27.9. The van der Waals surface area contributed by atoms with Gasteiger partial charge in [0.1, 0.15) is 61.0 Å². The summed E-state index contributed by atoms with van der Waals surface area (Å²) in [7, 11) is 0. The molecule has 46 heavy (non-hydrogen) atoms. The highest BCUT2D eigenvalue weighted by molar-refractivity contribution is 5.76. The second-order valence-corrected chi connectivity index (χ2v) is 11.6. The molecule has 20 nitrogen and oxygen atoms in total. The largest absolute Gasteiger partial charge is 0.477 e. The van der Waals surface area contributed by atoms with Gasteiger partial charge < -0.3 is 85.4 Å². The summed E-state index contributed by atoms with van der Waals surface area (Å²) in [5.41, 5.74) is 0. The fourth-order valence-corrected chi connectivity index (χ4v) is 5.71. The molecule has 2 amide bonds. The van der Waals surface area contributed by atoms with Crippen molar-refractivity contribution in [3.8, 4) is 0 Å². The lowest BCUT2D eigenvalue weighted by atomic mass is 9.88. The third-order valence-electron chi connectivity index (χ3n) is 8.14. The Labute approximate surface area is 262 Å². The van der Waals surface area contributed by atoms with E-state index in [4.69, 9.17) is 23.7 Å². The first-order valence-electron chi connectivity index (χ1n) is 14.5. The topological polar surface area (TPSA) is 324 Å². The standard InChI is InChI=1S/C26H44N2O18/c1-8-15(27-9(2)31)19(37)22(13(6-30)43-8)45-24-21(39)20(38)18(36)14(44-24)7-42-26(25(40)41)4-11(33)16(28-10(3)32)23(46-26)17(35)12(34)5-29/h8,11-24,29-30,33-39H,4-7H2,1-3H3,(H,27,31)(H,28,32)(H,40,41)/t8-,11+,12+,13?,14?,15?,16+,17+,18-,19+,20-,21?,22+,23?,24-,26+/m0/s1. The molecular formula is C26H44N2O18. The number of hydrogen-bond donors (Lipinski definition) is 12. The highest BCUT2D eigenvalue weighted by Gasteiger charge is 2.57. The Bertz CT molecular complexity index is 1050. The van der Waals surface area contributed by atoms with Crippen LogP contribution in [0.3, 0.4) is 0 Å². The zero-order chi connectivity index (χ0) is 34.7. The zero-order valence-electron chi connectivity index (χ0n) is 25.2. The Kier molecular flexibility index (Phi) is 13.2. The predicted octanol–water partition coefficient (Wildman–Crippen LogP) is -7.01. The molecule has 0 aromatic heterocycles. The van der Waals surface area contributed by atoms with Gasteiger partial charge in [0.05, 0.1) is 44.1 Å². The van der Waals surface area contributed by atoms with Gasteiger partial charge in [0.2, 0.25) is 11.8 Å². The summed E-state index contributed by atoms with van der Waals surface area (Å²) in [5.74, 6) is -5.89. The summed E-state index contributed by atoms with van der Waals surface area (Å²) >= 11 is 0. The van der Waals surface area contributed by atoms with Gasteiger partial charge in [-0.1, -0.05) is 0 Å². The van der Waals surface area contributed by atoms with Crippen LogP contribution >= 0.6 is 0 Å². The number of carboxylic acids is 1. The zero-order valence-corrected chi connectivity index (χ0v) is 25.2. The molecule has 0 aromatic rings. The Balaban J connectivity index is 1.83. The summed E-state index contributed by atoms with van der Waals surface area (Å²) in [4.78, 5) is 35.8. The average Bonchev–Trinajstić information content (AvgIpc) is 2.99. The van der Waals surface area contributed by atoms with Crippen molar-refractivity contribution in [3.05, 3.63) is 0 Å². The maximum Gasteiger partial charge on any atom is 0.364 e. The van der Waals surface area contributed by atoms with E-state index in [0.717, 1.165) is 6.92 Å². The molecule has 3 rings (SSSR count). The highest BCUT2D eigenvalue weighted by Crippen LogP contribution is 2.35. The van der Waals surface area contributed by atoms with Gasteiger partial charge in [-0.05, 0) is 6.92 Å². The lowest BCUT2D eigenvalue weighted by Gasteiger charge is -2.48. The van der Waals surface area contributed by atoms with Crippen LogP contribution in [-0.4, -0.2) is 186 Å². The van der Waals surface area contributed by atoms with E-state index >= 15 is 0 Å². The summed E-state index contributed by atoms with van der Waals surface area (Å²) in [6.07, 6.45) is -22.8. The van der Waals surface area contributed by atoms with Crippen molar-refractivity contribution in [1.82, 2.24) is 10.6 Å². The van der Waals surface area contributed by atoms with Crippen molar-refractivity contribution >= 4 is 17.8 Å². The second kappa shape index (κ2) is 15.8. The lowest BCUT2D eigenvalue weighted by Crippen LogP contribution is -2.68. The smallest absolute Gasteiger partial charge is 0.364 e. The average molecular weight is 673 g/mol. The number of carboxylic acid groups (broad SMARTS) is 1. The molecule has 0 aromatic carbocycles. The van der Waals surface area contributed by atoms with Gasteiger partial charge in [-0.25, -0.2) is 4.79 Å². The number of amides is 2. The number of hydrogen-bond acceptors (Lipinski definition) is 17. The van der Waals surface area contributed by atoms with E-state index < -0.39 is 141 Å². The van der Waals surface area contributed by atoms with Crippen LogP contribution in [0.25, 0.3) is 0 Å². The van der Waals surface area contributed by atoms with Crippen LogP contribution in [0.1, 0.15) is 27.2 Å². The second-order valence-electron chi connectivity index (χ2n) is 11.6. The van der Waals surface area contributed by atoms with Crippen LogP contribution < -0.4 is 10.6 Å². The van der Waals surface area contributed by atoms with Crippen LogP contribution in [-0.2, 0) is 38.1 Å². The number of aliphatic carboxylic acids is 1. The third kappa shape index (κ3) is 8.28. The van der Waals surface area contributed by atoms with Crippen molar-refractivity contribution in [2.24, 2.45) is 0 Å². The molecule has 3 heterocycles. The monoisotopic (exact) mass is 672 g/mol. The number of aliphatic hydroxyl groups is 9. The minimum atomic E-state index is -2.81. The van der Waals surface area contributed by atoms with Crippen LogP contribution in [0.5, 0.6) is 0 Å². The molecule has 3 fully saturated rings. The molecule has 0 bridgehead atoms. The van der Waals surface area contributed by atoms with E-state index in [-0.39, 0.29) is 0 Å². The number of carbonyl (C=O) groups excluding carboxylic acids is 2. The minimum Gasteiger partial charge on any atom is -0.477 e. The molecule has 3 aliphatic rings. The molecule has 0 aliphatic carbocycles. The van der Waals surface area contributed by atoms with Gasteiger partial charge >= 0.3 is 5.97 Å². The molecule has 0 spiro atoms. The molecule has 266 valence electrons. The van der Waals surface area contributed by atoms with Crippen LogP contribution in [0.2, 0.25) is 0 Å². The first kappa shape index (κ1) is 38.3. The first-order chi connectivity index (χ1) is 21.5. The molecule has 0 saturated carbocycles. The van der Waals surface area contributed by atoms with E-state index in [1.54, 1.807) is 0 Å². The Morgan fingerprint density at radius 3 is 2.04 bits per heavy atom. The number of carbonyl (C=O) groups is 3. The van der Waals surface area contributed by atoms with Gasteiger partial charge in [0, 0.05) is 20.3 Å². The van der Waals surface area contributed by atoms with Gasteiger partial charge in [0.25, 0.3) is 5.79 Å². The van der Waals surface area contributed by atoms with E-state index in [1.807, 2.05) is 0 Å². The number of aliphatic hydroxyl groups excluding tert-OH is 9. The fourth-order valence-electron chi connectivity index (χ4n) is 5.71. The third-order valence-corrected chi connectivity index (χ3v) is 8.14. The van der Waals surface area contributed by atoms with Crippen molar-refractivity contribution in [2.45, 2.75) is 125 Å². The van der Waals surface area contributed by atoms with Crippen molar-refractivity contribution in [1.29, 1.82) is 0 Å². The van der Waals surface area contributed by atoms with Crippen molar-refractivity contribution in [3.63, 3.8) is 0 Å². The van der Waals surface area contributed by atoms with Crippen LogP contribution in [0.15, 0.2) is 0 Å². The Morgan fingerprint density at radius 2 is 1.50 bits per heavy atom. The number of rotatable bonds is 12. The van der Waals surface area contributed by atoms with E-state index in [0.29, 0.717) is 0 Å². The van der Waals surface area contributed by atoms with Gasteiger partial charge in [-0.15, -0.1) is 0 Å². The maximum atomic E-state index is 12.4. The molecule has 3 aliphatic heterocycles. The first-order valence-corrected chi connectivity index (χ1v) is 14.5. The molecular weight excluding hydrogens is 628 g/mol. The SMILES string of the molecule is CC(=O)NC1[C@H](C)OC(CO)[C@@H](O[C@@H]2OC(CO[C@]3(C(=O)O)C[C@@H](O)[C@@H](NC(C)=O)C([C@H](O)[C@H](O)CO)O3)[C@H](O)[C@H](O)C2O)[C@@H]1O. The predicted molar refractivity (Wildman–Crippen MR) is 145 cm³/mol. The molecule has 0 radical (unpaired) electrons. The van der Waals surface area contributed by atoms with Crippen molar-refractivity contribution < 1.29 is 89.1 Å². The van der Waals surface area contributed by atoms with Gasteiger partial charge in [-0.2, -0.15) is 0 Å². The number of nitrogens with one attached hydrogen (secondary N) is 2. The maximum absolute atomic E-state index is 12.4. The Morgan fingerprint density at radius 1 is 0.891 bits per heavy atom. The fraction of sp³-hybridized carbons (Fsp3) is 0.885. The summed E-state index contributed by atoms with van der Waals surface area (Å²) in [5, 5.41) is 108. The molecule has 20 heteroatoms. The van der Waals surface area contributed by atoms with Crippen LogP contribution in [0.4, 0.5) is 0 Å². The molecule has 16 atom stereocenters. The van der Waals surface area contributed by atoms with Crippen LogP contribution in [0, 0.1) is 0 Å². The highest BCUT2D eigenvalue weighted by atomic mass is 16.8. The number of ether oxygens (including phenoxy) is 5. The van der Waals surface area contributed by atoms with E-state index in [9.17, 15) is 65.4 Å². The molecule has 5 unspecified atom stereocenters. The quantitative estimate of drug-likeness (QED) is 0.0916. The van der Waals surface area contributed by atoms with Crippen molar-refractivity contribution in [2.75, 3.05) is 19.8 Å². The normalized spacial score (nSPS) is 42.9. The Hall–Kier alpha value is -2.15. The summed E-state index contributed by atoms with van der Waals surface area (Å²) in [6.45, 7) is 1.17. The summed E-state index contributed by atoms with van der Waals surface area (Å²) in [6, 6.07) is -2.50.